The average molecular weight is 1910 g/mol. The van der Waals surface area contributed by atoms with Crippen molar-refractivity contribution in [1.29, 1.82) is 0 Å². The molecule has 4 saturated heterocycles. The van der Waals surface area contributed by atoms with Crippen molar-refractivity contribution in [3.05, 3.63) is 214 Å². The highest BCUT2D eigenvalue weighted by Crippen LogP contribution is 2.37. The number of halogens is 7. The van der Waals surface area contributed by atoms with Gasteiger partial charge in [-0.15, -0.1) is 0 Å². The van der Waals surface area contributed by atoms with E-state index in [1.54, 1.807) is 126 Å². The molecule has 0 saturated carbocycles. The molecule has 0 N–H and O–H groups in total. The highest BCUT2D eigenvalue weighted by atomic mass is 19.4. The highest BCUT2D eigenvalue weighted by Gasteiger charge is 2.44. The van der Waals surface area contributed by atoms with Crippen molar-refractivity contribution in [2.75, 3.05) is 78.5 Å². The summed E-state index contributed by atoms with van der Waals surface area (Å²) in [5, 5.41) is 18.0. The molecule has 16 rings (SSSR count). The number of nitrogens with zero attached hydrogens (tertiary/aromatic N) is 20. The fourth-order valence-electron chi connectivity index (χ4n) is 16.2. The molecular weight excluding hydrogens is 1790 g/mol. The maximum absolute atomic E-state index is 13.8. The molecule has 8 aromatic heterocycles. The van der Waals surface area contributed by atoms with Gasteiger partial charge < -0.3 is 58.1 Å². The van der Waals surface area contributed by atoms with Crippen LogP contribution in [0.2, 0.25) is 0 Å². The zero-order valence-corrected chi connectivity index (χ0v) is 81.0. The second-order valence-corrected chi connectivity index (χ2v) is 39.1. The van der Waals surface area contributed by atoms with Crippen molar-refractivity contribution < 1.29 is 88.0 Å². The maximum Gasteiger partial charge on any atom is 0.420 e. The number of amides is 8. The van der Waals surface area contributed by atoms with Gasteiger partial charge in [0, 0.05) is 119 Å². The van der Waals surface area contributed by atoms with Gasteiger partial charge in [0.2, 0.25) is 0 Å². The molecule has 138 heavy (non-hydrogen) atoms. The van der Waals surface area contributed by atoms with Crippen LogP contribution in [0.4, 0.5) is 49.9 Å². The van der Waals surface area contributed by atoms with Crippen LogP contribution in [0.25, 0.3) is 67.6 Å². The van der Waals surface area contributed by atoms with E-state index in [9.17, 15) is 69.1 Å². The van der Waals surface area contributed by atoms with Gasteiger partial charge in [-0.1, -0.05) is 13.8 Å². The van der Waals surface area contributed by atoms with E-state index in [1.165, 1.54) is 58.3 Å². The van der Waals surface area contributed by atoms with Gasteiger partial charge in [-0.25, -0.2) is 74.7 Å². The summed E-state index contributed by atoms with van der Waals surface area (Å²) >= 11 is 0. The van der Waals surface area contributed by atoms with Gasteiger partial charge in [-0.3, -0.25) is 19.2 Å². The number of hydrogen-bond donors (Lipinski definition) is 0. The van der Waals surface area contributed by atoms with Crippen LogP contribution in [0, 0.1) is 30.2 Å². The van der Waals surface area contributed by atoms with Gasteiger partial charge in [0.15, 0.2) is 22.6 Å². The summed E-state index contributed by atoms with van der Waals surface area (Å²) in [5.41, 5.74) is 5.23. The van der Waals surface area contributed by atoms with Crippen molar-refractivity contribution in [1.82, 2.24) is 97.6 Å². The molecule has 3 atom stereocenters. The Morgan fingerprint density at radius 1 is 0.362 bits per heavy atom. The number of rotatable bonds is 10. The van der Waals surface area contributed by atoms with Crippen LogP contribution in [-0.2, 0) is 38.0 Å². The van der Waals surface area contributed by atoms with Crippen LogP contribution >= 0.6 is 0 Å². The number of hydrogen-bond acceptors (Lipinski definition) is 20. The number of benzene rings is 4. The first kappa shape index (κ1) is 101. The number of carbonyl (C=O) groups is 8. The molecule has 0 radical (unpaired) electrons. The van der Waals surface area contributed by atoms with Crippen LogP contribution in [0.15, 0.2) is 146 Å². The van der Waals surface area contributed by atoms with Crippen LogP contribution in [-0.4, -0.2) is 270 Å². The molecule has 39 heteroatoms. The molecular formula is C99H115F7N20O12. The third-order valence-corrected chi connectivity index (χ3v) is 23.0. The number of imidazole rings is 4. The smallest absolute Gasteiger partial charge is 0.420 e. The molecule has 4 aliphatic heterocycles. The summed E-state index contributed by atoms with van der Waals surface area (Å²) in [6.07, 6.45) is 1.05. The Balaban J connectivity index is 0.000000155. The van der Waals surface area contributed by atoms with E-state index < -0.39 is 63.1 Å². The molecule has 8 amide bonds. The summed E-state index contributed by atoms with van der Waals surface area (Å²) in [4.78, 5) is 134. The van der Waals surface area contributed by atoms with E-state index in [0.717, 1.165) is 62.3 Å². The number of aryl methyl sites for hydroxylation is 3. The Kier molecular flexibility index (Phi) is 29.5. The van der Waals surface area contributed by atoms with Gasteiger partial charge in [0.1, 0.15) is 74.0 Å². The molecule has 0 aliphatic carbocycles. The van der Waals surface area contributed by atoms with Gasteiger partial charge in [-0.2, -0.15) is 33.6 Å². The highest BCUT2D eigenvalue weighted by molar-refractivity contribution is 5.96. The van der Waals surface area contributed by atoms with E-state index in [1.807, 2.05) is 129 Å². The quantitative estimate of drug-likeness (QED) is 0.0907. The number of alkyl halides is 3. The fraction of sp³-hybridized carbons (Fsp3) is 0.434. The molecule has 12 heterocycles. The molecule has 0 unspecified atom stereocenters. The summed E-state index contributed by atoms with van der Waals surface area (Å²) in [6, 6.07) is 29.1. The largest absolute Gasteiger partial charge is 0.444 e. The Labute approximate surface area is 794 Å². The predicted octanol–water partition coefficient (Wildman–Crippen LogP) is 17.3. The Bertz CT molecular complexity index is 6540. The summed E-state index contributed by atoms with van der Waals surface area (Å²) in [5.74, 6) is -2.67. The lowest BCUT2D eigenvalue weighted by Gasteiger charge is -2.46. The summed E-state index contributed by atoms with van der Waals surface area (Å²) in [6.45, 7) is 41.1. The molecule has 0 bridgehead atoms. The van der Waals surface area contributed by atoms with Crippen molar-refractivity contribution in [3.8, 4) is 45.0 Å². The number of aromatic nitrogens is 12. The third kappa shape index (κ3) is 24.2. The van der Waals surface area contributed by atoms with Gasteiger partial charge in [0.05, 0.1) is 53.1 Å². The molecule has 12 aromatic rings. The van der Waals surface area contributed by atoms with E-state index in [4.69, 9.17) is 18.9 Å². The zero-order valence-electron chi connectivity index (χ0n) is 81.0. The van der Waals surface area contributed by atoms with E-state index in [2.05, 4.69) is 40.3 Å². The second-order valence-electron chi connectivity index (χ2n) is 39.1. The van der Waals surface area contributed by atoms with Gasteiger partial charge >= 0.3 is 30.5 Å². The van der Waals surface area contributed by atoms with Crippen molar-refractivity contribution in [2.24, 2.45) is 0 Å². The minimum absolute atomic E-state index is 0.0502. The fourth-order valence-corrected chi connectivity index (χ4v) is 16.2. The van der Waals surface area contributed by atoms with Crippen LogP contribution < -0.4 is 0 Å². The number of fused-ring (bicyclic) bond motifs is 4. The zero-order chi connectivity index (χ0) is 100. The maximum atomic E-state index is 13.8. The van der Waals surface area contributed by atoms with Crippen molar-refractivity contribution in [3.63, 3.8) is 0 Å². The predicted molar refractivity (Wildman–Crippen MR) is 500 cm³/mol. The molecule has 4 fully saturated rings. The minimum atomic E-state index is -4.77. The Morgan fingerprint density at radius 2 is 0.638 bits per heavy atom. The second kappa shape index (κ2) is 40.2. The Hall–Kier alpha value is -14.2. The molecule has 4 aliphatic rings. The first-order valence-corrected chi connectivity index (χ1v) is 45.5. The first-order valence-electron chi connectivity index (χ1n) is 45.5. The monoisotopic (exact) mass is 1910 g/mol. The van der Waals surface area contributed by atoms with E-state index >= 15 is 0 Å². The third-order valence-electron chi connectivity index (χ3n) is 23.0. The summed E-state index contributed by atoms with van der Waals surface area (Å²) < 4.78 is 122. The van der Waals surface area contributed by atoms with Crippen LogP contribution in [0.5, 0.6) is 0 Å². The molecule has 32 nitrogen and oxygen atoms in total. The molecule has 4 aromatic carbocycles. The van der Waals surface area contributed by atoms with Crippen molar-refractivity contribution >= 4 is 70.6 Å². The lowest BCUT2D eigenvalue weighted by molar-refractivity contribution is -0.136. The topological polar surface area (TPSA) is 320 Å². The number of carbonyl (C=O) groups excluding carboxylic acids is 8. The lowest BCUT2D eigenvalue weighted by atomic mass is 9.98. The number of piperazine rings is 4. The van der Waals surface area contributed by atoms with Gasteiger partial charge in [-0.05, 0) is 275 Å². The first-order chi connectivity index (χ1) is 64.7. The molecule has 0 spiro atoms. The Morgan fingerprint density at radius 3 is 0.942 bits per heavy atom. The van der Waals surface area contributed by atoms with Crippen LogP contribution in [0.1, 0.15) is 196 Å². The average Bonchev–Trinajstić information content (AvgIpc) is 1.97. The standard InChI is InChI=1S/C26H32FN5O3.C25H30FN5O3.C24H25F4N5O3.C24H28FN5O3/c1-7-17-14-20(18-8-10-19(27)11-9-18)29-32-15-21(28-22(17)32)23(33)31-13-12-30(16-26(31,5)6)24(34)35-25(2,3)4;1-6-17-13-20(18-7-9-19(26)10-8-18)28-31-15-21(27-22(17)31)23(32)29-11-12-30(16(2)14-29)24(33)34-25(3,4)5;1-14-12-31(9-10-32(14)22(35)36-23(2,3)4)21(34)19-13-33-20(29-19)17(24(26,27)28)11-18(30-33)15-5-7-16(25)8-6-15;1-15-12-19(17-6-8-18(25)9-7-17)27-30-14-20(26-21(15)30)22(31)28-10-11-29(16(2)13-28)23(32)33-24(3,4)5/h8-11,14-15H,7,12-13,16H2,1-6H3;7-10,13,15-16H,6,11-12,14H2,1-5H3;5-8,11,13-14H,9-10,12H2,1-4H3;6-9,12,14,16H,10-11,13H2,1-5H3/t;16-;14-;16-/m.000/s1. The van der Waals surface area contributed by atoms with E-state index in [0.29, 0.717) is 123 Å². The molecule has 732 valence electrons. The van der Waals surface area contributed by atoms with Gasteiger partial charge in [0.25, 0.3) is 23.6 Å². The van der Waals surface area contributed by atoms with E-state index in [-0.39, 0.29) is 108 Å². The lowest BCUT2D eigenvalue weighted by Crippen LogP contribution is -2.62. The minimum Gasteiger partial charge on any atom is -0.444 e. The van der Waals surface area contributed by atoms with Crippen LogP contribution in [0.3, 0.4) is 0 Å². The number of ether oxygens (including phenoxy) is 4. The normalized spacial score (nSPS) is 16.6. The van der Waals surface area contributed by atoms with Crippen molar-refractivity contribution in [2.45, 2.75) is 204 Å². The summed E-state index contributed by atoms with van der Waals surface area (Å²) in [7, 11) is 0. The SMILES string of the molecule is CCc1cc(-c2ccc(F)cc2)nn2cc(C(=O)N3CCN(C(=O)OC(C)(C)C)CC3(C)C)nc12.CCc1cc(-c2ccc(F)cc2)nn2cc(C(=O)N3CCN(C(=O)OC(C)(C)C)[C@@H](C)C3)nc12.C[C@H]1CN(C(=O)c2cn3nc(-c4ccc(F)cc4)cc(C(F)(F)F)c3n2)CCN1C(=O)OC(C)(C)C.Cc1cc(-c2ccc(F)cc2)nn2cc(C(=O)N3CCN(C(=O)OC(C)(C)C)[C@@H](C)C3)nc12.